The fourth-order valence-electron chi connectivity index (χ4n) is 3.62. The van der Waals surface area contributed by atoms with Crippen molar-refractivity contribution >= 4 is 54.8 Å². The van der Waals surface area contributed by atoms with Gasteiger partial charge in [0.05, 0.1) is 26.9 Å². The molecule has 10 heteroatoms. The number of halogens is 3. The van der Waals surface area contributed by atoms with Crippen molar-refractivity contribution < 1.29 is 17.6 Å². The fraction of sp³-hybridized carbons (Fsp3) is 0.174. The van der Waals surface area contributed by atoms with Gasteiger partial charge in [-0.3, -0.25) is 4.79 Å². The third-order valence-electron chi connectivity index (χ3n) is 5.37. The van der Waals surface area contributed by atoms with Crippen molar-refractivity contribution in [2.45, 2.75) is 4.90 Å². The van der Waals surface area contributed by atoms with Gasteiger partial charge in [-0.05, 0) is 58.4 Å². The van der Waals surface area contributed by atoms with E-state index in [2.05, 4.69) is 21.2 Å². The van der Waals surface area contributed by atoms with Gasteiger partial charge in [0, 0.05) is 30.7 Å². The number of rotatable bonds is 5. The molecule has 1 amide bonds. The van der Waals surface area contributed by atoms with Gasteiger partial charge in [-0.15, -0.1) is 0 Å². The van der Waals surface area contributed by atoms with E-state index in [0.29, 0.717) is 28.3 Å². The number of piperazine rings is 1. The summed E-state index contributed by atoms with van der Waals surface area (Å²) in [6.07, 6.45) is 0. The summed E-state index contributed by atoms with van der Waals surface area (Å²) in [6.45, 7) is 1.39. The van der Waals surface area contributed by atoms with Crippen LogP contribution in [0.4, 0.5) is 15.8 Å². The standard InChI is InChI=1S/C23H20BrClFN3O3S/c24-18-5-1-3-7-21(18)27-23(30)17-15-16(9-10-20(17)26)33(31,32)29-13-11-28(12-14-29)22-8-4-2-6-19(22)25/h1-10,15H,11-14H2,(H,27,30). The number of amides is 1. The second-order valence-electron chi connectivity index (χ2n) is 7.42. The Hall–Kier alpha value is -2.46. The lowest BCUT2D eigenvalue weighted by Crippen LogP contribution is -2.48. The fourth-order valence-corrected chi connectivity index (χ4v) is 5.71. The monoisotopic (exact) mass is 551 g/mol. The van der Waals surface area contributed by atoms with E-state index < -0.39 is 21.7 Å². The molecule has 0 aliphatic carbocycles. The molecule has 172 valence electrons. The molecule has 0 radical (unpaired) electrons. The molecule has 3 aromatic carbocycles. The van der Waals surface area contributed by atoms with Crippen molar-refractivity contribution in [2.24, 2.45) is 0 Å². The largest absolute Gasteiger partial charge is 0.368 e. The molecule has 1 saturated heterocycles. The summed E-state index contributed by atoms with van der Waals surface area (Å²) in [4.78, 5) is 14.6. The number of nitrogens with one attached hydrogen (secondary N) is 1. The number of carbonyl (C=O) groups excluding carboxylic acids is 1. The molecule has 1 N–H and O–H groups in total. The van der Waals surface area contributed by atoms with Crippen molar-refractivity contribution in [3.05, 3.63) is 87.6 Å². The van der Waals surface area contributed by atoms with Crippen LogP contribution in [-0.2, 0) is 10.0 Å². The van der Waals surface area contributed by atoms with Crippen LogP contribution < -0.4 is 10.2 Å². The van der Waals surface area contributed by atoms with Crippen LogP contribution in [0.2, 0.25) is 5.02 Å². The number of para-hydroxylation sites is 2. The summed E-state index contributed by atoms with van der Waals surface area (Å²) in [5, 5.41) is 3.21. The first-order valence-electron chi connectivity index (χ1n) is 10.1. The number of nitrogens with zero attached hydrogens (tertiary/aromatic N) is 2. The highest BCUT2D eigenvalue weighted by molar-refractivity contribution is 9.10. The zero-order valence-corrected chi connectivity index (χ0v) is 20.5. The molecule has 1 aliphatic rings. The van der Waals surface area contributed by atoms with Crippen molar-refractivity contribution in [3.63, 3.8) is 0 Å². The molecule has 6 nitrogen and oxygen atoms in total. The summed E-state index contributed by atoms with van der Waals surface area (Å²) in [5.74, 6) is -1.54. The summed E-state index contributed by atoms with van der Waals surface area (Å²) >= 11 is 9.58. The van der Waals surface area contributed by atoms with Crippen molar-refractivity contribution in [1.29, 1.82) is 0 Å². The van der Waals surface area contributed by atoms with Gasteiger partial charge < -0.3 is 10.2 Å². The zero-order chi connectivity index (χ0) is 23.6. The summed E-state index contributed by atoms with van der Waals surface area (Å²) in [6, 6.07) is 17.5. The molecule has 0 aromatic heterocycles. The van der Waals surface area contributed by atoms with Gasteiger partial charge in [0.2, 0.25) is 10.0 Å². The third-order valence-corrected chi connectivity index (χ3v) is 8.28. The van der Waals surface area contributed by atoms with Gasteiger partial charge in [-0.1, -0.05) is 35.9 Å². The number of benzene rings is 3. The first kappa shape index (κ1) is 23.7. The van der Waals surface area contributed by atoms with Crippen LogP contribution in [0.25, 0.3) is 0 Å². The highest BCUT2D eigenvalue weighted by Gasteiger charge is 2.30. The molecule has 0 spiro atoms. The summed E-state index contributed by atoms with van der Waals surface area (Å²) < 4.78 is 42.8. The van der Waals surface area contributed by atoms with Crippen LogP contribution in [0.5, 0.6) is 0 Å². The van der Waals surface area contributed by atoms with Crippen LogP contribution in [0.15, 0.2) is 76.1 Å². The second kappa shape index (κ2) is 9.80. The molecular weight excluding hydrogens is 533 g/mol. The molecule has 0 bridgehead atoms. The Kier molecular flexibility index (Phi) is 7.04. The SMILES string of the molecule is O=C(Nc1ccccc1Br)c1cc(S(=O)(=O)N2CCN(c3ccccc3Cl)CC2)ccc1F. The number of anilines is 2. The minimum atomic E-state index is -3.91. The lowest BCUT2D eigenvalue weighted by atomic mass is 10.2. The molecule has 0 saturated carbocycles. The molecule has 0 atom stereocenters. The molecule has 0 unspecified atom stereocenters. The van der Waals surface area contributed by atoms with Crippen molar-refractivity contribution in [2.75, 3.05) is 36.4 Å². The van der Waals surface area contributed by atoms with Crippen LogP contribution in [-0.4, -0.2) is 44.8 Å². The maximum absolute atomic E-state index is 14.4. The molecular formula is C23H20BrClFN3O3S. The van der Waals surface area contributed by atoms with E-state index in [4.69, 9.17) is 11.6 Å². The van der Waals surface area contributed by atoms with E-state index in [9.17, 15) is 17.6 Å². The highest BCUT2D eigenvalue weighted by atomic mass is 79.9. The van der Waals surface area contributed by atoms with Gasteiger partial charge in [-0.25, -0.2) is 12.8 Å². The van der Waals surface area contributed by atoms with Gasteiger partial charge >= 0.3 is 0 Å². The van der Waals surface area contributed by atoms with Gasteiger partial charge in [0.15, 0.2) is 0 Å². The van der Waals surface area contributed by atoms with E-state index in [0.717, 1.165) is 17.8 Å². The Balaban J connectivity index is 1.52. The normalized spacial score (nSPS) is 14.8. The van der Waals surface area contributed by atoms with Crippen molar-refractivity contribution in [1.82, 2.24) is 4.31 Å². The number of carbonyl (C=O) groups is 1. The van der Waals surface area contributed by atoms with Crippen LogP contribution >= 0.6 is 27.5 Å². The maximum atomic E-state index is 14.4. The number of sulfonamides is 1. The lowest BCUT2D eigenvalue weighted by Gasteiger charge is -2.35. The maximum Gasteiger partial charge on any atom is 0.258 e. The highest BCUT2D eigenvalue weighted by Crippen LogP contribution is 2.28. The Morgan fingerprint density at radius 3 is 2.33 bits per heavy atom. The van der Waals surface area contributed by atoms with Crippen LogP contribution in [0, 0.1) is 5.82 Å². The zero-order valence-electron chi connectivity index (χ0n) is 17.3. The predicted octanol–water partition coefficient (Wildman–Crippen LogP) is 5.00. The third kappa shape index (κ3) is 5.06. The molecule has 4 rings (SSSR count). The number of hydrogen-bond donors (Lipinski definition) is 1. The Morgan fingerprint density at radius 2 is 1.64 bits per heavy atom. The second-order valence-corrected chi connectivity index (χ2v) is 10.6. The molecule has 1 heterocycles. The van der Waals surface area contributed by atoms with Crippen LogP contribution in [0.3, 0.4) is 0 Å². The topological polar surface area (TPSA) is 69.7 Å². The molecule has 1 fully saturated rings. The molecule has 3 aromatic rings. The number of hydrogen-bond acceptors (Lipinski definition) is 4. The van der Waals surface area contributed by atoms with E-state index >= 15 is 0 Å². The molecule has 33 heavy (non-hydrogen) atoms. The lowest BCUT2D eigenvalue weighted by molar-refractivity contribution is 0.102. The smallest absolute Gasteiger partial charge is 0.258 e. The van der Waals surface area contributed by atoms with Gasteiger partial charge in [-0.2, -0.15) is 4.31 Å². The first-order valence-corrected chi connectivity index (χ1v) is 12.7. The Morgan fingerprint density at radius 1 is 0.970 bits per heavy atom. The minimum absolute atomic E-state index is 0.132. The Labute approximate surface area is 205 Å². The predicted molar refractivity (Wildman–Crippen MR) is 131 cm³/mol. The van der Waals surface area contributed by atoms with Crippen LogP contribution in [0.1, 0.15) is 10.4 Å². The van der Waals surface area contributed by atoms with Gasteiger partial charge in [0.25, 0.3) is 5.91 Å². The summed E-state index contributed by atoms with van der Waals surface area (Å²) in [7, 11) is -3.91. The minimum Gasteiger partial charge on any atom is -0.368 e. The first-order chi connectivity index (χ1) is 15.8. The van der Waals surface area contributed by atoms with E-state index in [1.807, 2.05) is 23.1 Å². The quantitative estimate of drug-likeness (QED) is 0.483. The molecule has 1 aliphatic heterocycles. The summed E-state index contributed by atoms with van der Waals surface area (Å²) in [5.41, 5.74) is 0.955. The van der Waals surface area contributed by atoms with Crippen molar-refractivity contribution in [3.8, 4) is 0 Å². The van der Waals surface area contributed by atoms with Gasteiger partial charge in [0.1, 0.15) is 5.82 Å². The Bertz CT molecular complexity index is 1300. The van der Waals surface area contributed by atoms with E-state index in [1.54, 1.807) is 30.3 Å². The van der Waals surface area contributed by atoms with E-state index in [-0.39, 0.29) is 23.5 Å². The average Bonchev–Trinajstić information content (AvgIpc) is 2.81. The van der Waals surface area contributed by atoms with E-state index in [1.165, 1.54) is 10.4 Å². The average molecular weight is 553 g/mol.